The maximum Gasteiger partial charge on any atom is 0.222 e. The van der Waals surface area contributed by atoms with Crippen LogP contribution in [0, 0.1) is 6.92 Å². The van der Waals surface area contributed by atoms with Gasteiger partial charge in [-0.15, -0.1) is 0 Å². The molecule has 2 aliphatic rings. The second-order valence-electron chi connectivity index (χ2n) is 6.79. The molecule has 2 fully saturated rings. The van der Waals surface area contributed by atoms with Crippen molar-refractivity contribution >= 4 is 5.91 Å². The molecule has 2 aliphatic heterocycles. The normalized spacial score (nSPS) is 20.8. The van der Waals surface area contributed by atoms with E-state index in [1.807, 2.05) is 0 Å². The van der Waals surface area contributed by atoms with E-state index in [4.69, 9.17) is 0 Å². The van der Waals surface area contributed by atoms with E-state index in [1.54, 1.807) is 0 Å². The molecule has 0 spiro atoms. The van der Waals surface area contributed by atoms with Gasteiger partial charge in [0.15, 0.2) is 0 Å². The number of hydrogen-bond acceptors (Lipinski definition) is 2. The predicted molar refractivity (Wildman–Crippen MR) is 89.9 cm³/mol. The summed E-state index contributed by atoms with van der Waals surface area (Å²) in [5, 5.41) is 0. The third-order valence-corrected chi connectivity index (χ3v) is 5.29. The number of hydrogen-bond donors (Lipinski definition) is 0. The standard InChI is InChI=1S/C19H28N2O/c1-16-6-2-3-7-17(16)8-4-12-20-14-10-18(11-15-20)21-13-5-9-19(21)22/h2-3,6-7,18H,4-5,8-15H2,1H3. The fourth-order valence-electron chi connectivity index (χ4n) is 3.89. The van der Waals surface area contributed by atoms with E-state index in [1.165, 1.54) is 30.5 Å². The molecule has 0 saturated carbocycles. The topological polar surface area (TPSA) is 23.6 Å². The van der Waals surface area contributed by atoms with Crippen molar-refractivity contribution in [3.05, 3.63) is 35.4 Å². The number of likely N-dealkylation sites (tertiary alicyclic amines) is 2. The Morgan fingerprint density at radius 3 is 2.59 bits per heavy atom. The second-order valence-corrected chi connectivity index (χ2v) is 6.79. The Morgan fingerprint density at radius 1 is 1.14 bits per heavy atom. The van der Waals surface area contributed by atoms with Gasteiger partial charge in [0.25, 0.3) is 0 Å². The monoisotopic (exact) mass is 300 g/mol. The first kappa shape index (κ1) is 15.5. The highest BCUT2D eigenvalue weighted by Crippen LogP contribution is 2.22. The van der Waals surface area contributed by atoms with Gasteiger partial charge in [0, 0.05) is 32.1 Å². The zero-order valence-corrected chi connectivity index (χ0v) is 13.8. The van der Waals surface area contributed by atoms with Gasteiger partial charge in [0.2, 0.25) is 5.91 Å². The van der Waals surface area contributed by atoms with Crippen LogP contribution < -0.4 is 0 Å². The zero-order valence-electron chi connectivity index (χ0n) is 13.8. The van der Waals surface area contributed by atoms with Crippen LogP contribution in [-0.4, -0.2) is 47.9 Å². The van der Waals surface area contributed by atoms with Gasteiger partial charge in [-0.25, -0.2) is 0 Å². The van der Waals surface area contributed by atoms with Gasteiger partial charge in [-0.1, -0.05) is 24.3 Å². The lowest BCUT2D eigenvalue weighted by molar-refractivity contribution is -0.130. The van der Waals surface area contributed by atoms with Crippen molar-refractivity contribution in [2.24, 2.45) is 0 Å². The third-order valence-electron chi connectivity index (χ3n) is 5.29. The number of rotatable bonds is 5. The maximum absolute atomic E-state index is 11.8. The fourth-order valence-corrected chi connectivity index (χ4v) is 3.89. The first-order valence-electron chi connectivity index (χ1n) is 8.80. The van der Waals surface area contributed by atoms with Gasteiger partial charge in [-0.2, -0.15) is 0 Å². The Morgan fingerprint density at radius 2 is 1.91 bits per heavy atom. The number of aryl methyl sites for hydroxylation is 2. The Balaban J connectivity index is 1.39. The number of benzene rings is 1. The van der Waals surface area contributed by atoms with Gasteiger partial charge in [-0.05, 0) is 56.7 Å². The molecule has 0 radical (unpaired) electrons. The molecule has 0 unspecified atom stereocenters. The lowest BCUT2D eigenvalue weighted by Gasteiger charge is -2.36. The van der Waals surface area contributed by atoms with Crippen LogP contribution in [0.1, 0.15) is 43.2 Å². The van der Waals surface area contributed by atoms with E-state index in [0.29, 0.717) is 11.9 Å². The van der Waals surface area contributed by atoms with Crippen LogP contribution in [0.15, 0.2) is 24.3 Å². The molecular formula is C19H28N2O. The summed E-state index contributed by atoms with van der Waals surface area (Å²) in [6.45, 7) is 6.70. The molecule has 0 bridgehead atoms. The Hall–Kier alpha value is -1.35. The largest absolute Gasteiger partial charge is 0.340 e. The molecule has 1 aromatic rings. The van der Waals surface area contributed by atoms with Crippen molar-refractivity contribution in [2.45, 2.75) is 51.5 Å². The average Bonchev–Trinajstić information content (AvgIpc) is 2.96. The molecule has 0 atom stereocenters. The molecule has 3 rings (SSSR count). The summed E-state index contributed by atoms with van der Waals surface area (Å²) in [6.07, 6.45) is 6.58. The minimum atomic E-state index is 0.387. The van der Waals surface area contributed by atoms with E-state index in [2.05, 4.69) is 41.0 Å². The number of amides is 1. The third kappa shape index (κ3) is 3.70. The SMILES string of the molecule is Cc1ccccc1CCCN1CCC(N2CCCC2=O)CC1. The van der Waals surface area contributed by atoms with Crippen LogP contribution in [0.25, 0.3) is 0 Å². The van der Waals surface area contributed by atoms with Gasteiger partial charge in [-0.3, -0.25) is 4.79 Å². The van der Waals surface area contributed by atoms with Crippen LogP contribution in [0.2, 0.25) is 0 Å². The second kappa shape index (κ2) is 7.28. The number of piperidine rings is 1. The number of carbonyl (C=O) groups is 1. The Labute approximate surface area is 134 Å². The number of nitrogens with zero attached hydrogens (tertiary/aromatic N) is 2. The number of carbonyl (C=O) groups excluding carboxylic acids is 1. The molecule has 2 heterocycles. The minimum absolute atomic E-state index is 0.387. The van der Waals surface area contributed by atoms with Crippen LogP contribution in [0.4, 0.5) is 0 Å². The highest BCUT2D eigenvalue weighted by atomic mass is 16.2. The van der Waals surface area contributed by atoms with Crippen molar-refractivity contribution in [3.8, 4) is 0 Å². The highest BCUT2D eigenvalue weighted by Gasteiger charge is 2.30. The molecule has 3 heteroatoms. The summed E-state index contributed by atoms with van der Waals surface area (Å²) in [5.74, 6) is 0.387. The summed E-state index contributed by atoms with van der Waals surface area (Å²) < 4.78 is 0. The molecule has 0 aromatic heterocycles. The quantitative estimate of drug-likeness (QED) is 0.834. The molecule has 3 nitrogen and oxygen atoms in total. The van der Waals surface area contributed by atoms with Gasteiger partial charge in [0.1, 0.15) is 0 Å². The molecule has 0 N–H and O–H groups in total. The average molecular weight is 300 g/mol. The Kier molecular flexibility index (Phi) is 5.14. The summed E-state index contributed by atoms with van der Waals surface area (Å²) in [6, 6.07) is 9.22. The lowest BCUT2D eigenvalue weighted by atomic mass is 10.0. The first-order valence-corrected chi connectivity index (χ1v) is 8.80. The summed E-state index contributed by atoms with van der Waals surface area (Å²) in [4.78, 5) is 16.6. The summed E-state index contributed by atoms with van der Waals surface area (Å²) in [5.41, 5.74) is 2.90. The highest BCUT2D eigenvalue weighted by molar-refractivity contribution is 5.78. The fraction of sp³-hybridized carbons (Fsp3) is 0.632. The van der Waals surface area contributed by atoms with Gasteiger partial charge >= 0.3 is 0 Å². The van der Waals surface area contributed by atoms with Crippen molar-refractivity contribution < 1.29 is 4.79 Å². The molecule has 1 aromatic carbocycles. The van der Waals surface area contributed by atoms with E-state index < -0.39 is 0 Å². The van der Waals surface area contributed by atoms with Crippen molar-refractivity contribution in [1.82, 2.24) is 9.80 Å². The van der Waals surface area contributed by atoms with E-state index >= 15 is 0 Å². The smallest absolute Gasteiger partial charge is 0.222 e. The van der Waals surface area contributed by atoms with E-state index in [9.17, 15) is 4.79 Å². The minimum Gasteiger partial charge on any atom is -0.340 e. The molecular weight excluding hydrogens is 272 g/mol. The van der Waals surface area contributed by atoms with Crippen molar-refractivity contribution in [2.75, 3.05) is 26.2 Å². The van der Waals surface area contributed by atoms with Gasteiger partial charge < -0.3 is 9.80 Å². The molecule has 1 amide bonds. The summed E-state index contributed by atoms with van der Waals surface area (Å²) >= 11 is 0. The predicted octanol–water partition coefficient (Wildman–Crippen LogP) is 3.01. The zero-order chi connectivity index (χ0) is 15.4. The van der Waals surface area contributed by atoms with Gasteiger partial charge in [0.05, 0.1) is 0 Å². The molecule has 2 saturated heterocycles. The van der Waals surface area contributed by atoms with Crippen LogP contribution in [0.5, 0.6) is 0 Å². The summed E-state index contributed by atoms with van der Waals surface area (Å²) in [7, 11) is 0. The van der Waals surface area contributed by atoms with Crippen molar-refractivity contribution in [1.29, 1.82) is 0 Å². The van der Waals surface area contributed by atoms with E-state index in [0.717, 1.165) is 45.3 Å². The molecule has 22 heavy (non-hydrogen) atoms. The maximum atomic E-state index is 11.8. The van der Waals surface area contributed by atoms with Crippen LogP contribution in [-0.2, 0) is 11.2 Å². The van der Waals surface area contributed by atoms with Crippen LogP contribution >= 0.6 is 0 Å². The lowest BCUT2D eigenvalue weighted by Crippen LogP contribution is -2.45. The van der Waals surface area contributed by atoms with Crippen LogP contribution in [0.3, 0.4) is 0 Å². The van der Waals surface area contributed by atoms with Crippen molar-refractivity contribution in [3.63, 3.8) is 0 Å². The Bertz CT molecular complexity index is 506. The molecule has 120 valence electrons. The first-order chi connectivity index (χ1) is 10.7. The molecule has 0 aliphatic carbocycles. The van der Waals surface area contributed by atoms with E-state index in [-0.39, 0.29) is 0 Å².